The topological polar surface area (TPSA) is 69.7 Å². The maximum absolute atomic E-state index is 13.0. The van der Waals surface area contributed by atoms with Crippen LogP contribution in [0.25, 0.3) is 0 Å². The van der Waals surface area contributed by atoms with Gasteiger partial charge in [0.2, 0.25) is 15.9 Å². The van der Waals surface area contributed by atoms with Crippen LogP contribution in [0.3, 0.4) is 0 Å². The number of nitrogens with one attached hydrogen (secondary N) is 1. The molecule has 1 aliphatic rings. The molecule has 0 spiro atoms. The molecule has 0 bridgehead atoms. The van der Waals surface area contributed by atoms with Crippen LogP contribution in [0.15, 0.2) is 40.6 Å². The third kappa shape index (κ3) is 5.11. The summed E-state index contributed by atoms with van der Waals surface area (Å²) >= 11 is 1.68. The summed E-state index contributed by atoms with van der Waals surface area (Å²) in [5, 5.41) is 5.12. The first kappa shape index (κ1) is 22.9. The molecular weight excluding hydrogens is 418 g/mol. The van der Waals surface area contributed by atoms with Crippen LogP contribution < -0.4 is 5.32 Å². The van der Waals surface area contributed by atoms with Gasteiger partial charge >= 0.3 is 0 Å². The zero-order chi connectivity index (χ0) is 21.9. The van der Waals surface area contributed by atoms with Crippen molar-refractivity contribution in [2.75, 3.05) is 33.7 Å². The summed E-state index contributed by atoms with van der Waals surface area (Å²) in [6.45, 7) is 5.07. The van der Waals surface area contributed by atoms with E-state index < -0.39 is 10.0 Å². The van der Waals surface area contributed by atoms with E-state index >= 15 is 0 Å². The van der Waals surface area contributed by atoms with Gasteiger partial charge in [0.05, 0.1) is 10.9 Å². The zero-order valence-electron chi connectivity index (χ0n) is 18.1. The molecule has 2 heterocycles. The molecule has 1 aromatic carbocycles. The summed E-state index contributed by atoms with van der Waals surface area (Å²) in [6, 6.07) is 9.64. The van der Waals surface area contributed by atoms with Crippen molar-refractivity contribution >= 4 is 27.3 Å². The molecule has 1 aromatic heterocycles. The largest absolute Gasteiger partial charge is 0.354 e. The number of hydrogen-bond donors (Lipinski definition) is 1. The fourth-order valence-corrected chi connectivity index (χ4v) is 6.54. The predicted molar refractivity (Wildman–Crippen MR) is 121 cm³/mol. The number of benzene rings is 1. The van der Waals surface area contributed by atoms with Crippen LogP contribution >= 0.6 is 11.3 Å². The van der Waals surface area contributed by atoms with E-state index in [1.807, 2.05) is 51.5 Å². The maximum atomic E-state index is 13.0. The number of nitrogens with zero attached hydrogens (tertiary/aromatic N) is 2. The quantitative estimate of drug-likeness (QED) is 0.705. The third-order valence-corrected chi connectivity index (χ3v) is 8.77. The Hall–Kier alpha value is -1.74. The lowest BCUT2D eigenvalue weighted by Crippen LogP contribution is -2.44. The standard InChI is InChI=1S/C22H31N3O3S2/c1-16-7-8-21(17(2)14-16)30(27,28)25-11-9-18(10-12-25)22(26)23-15-19(24(3)4)20-6-5-13-29-20/h5-8,13-14,18-19H,9-12,15H2,1-4H3,(H,23,26). The van der Waals surface area contributed by atoms with E-state index in [0.717, 1.165) is 11.1 Å². The maximum Gasteiger partial charge on any atom is 0.243 e. The fraction of sp³-hybridized carbons (Fsp3) is 0.500. The van der Waals surface area contributed by atoms with Gasteiger partial charge in [-0.3, -0.25) is 4.79 Å². The highest BCUT2D eigenvalue weighted by Gasteiger charge is 2.33. The van der Waals surface area contributed by atoms with Gasteiger partial charge < -0.3 is 10.2 Å². The van der Waals surface area contributed by atoms with Gasteiger partial charge in [-0.1, -0.05) is 23.8 Å². The van der Waals surface area contributed by atoms with Crippen molar-refractivity contribution in [2.24, 2.45) is 5.92 Å². The van der Waals surface area contributed by atoms with Crippen molar-refractivity contribution in [3.8, 4) is 0 Å². The molecule has 1 atom stereocenters. The van der Waals surface area contributed by atoms with E-state index in [9.17, 15) is 13.2 Å². The van der Waals surface area contributed by atoms with E-state index in [4.69, 9.17) is 0 Å². The number of likely N-dealkylation sites (N-methyl/N-ethyl adjacent to an activating group) is 1. The van der Waals surface area contributed by atoms with Gasteiger partial charge in [-0.15, -0.1) is 11.3 Å². The molecule has 6 nitrogen and oxygen atoms in total. The van der Waals surface area contributed by atoms with Gasteiger partial charge in [-0.05, 0) is 63.9 Å². The lowest BCUT2D eigenvalue weighted by Gasteiger charge is -2.31. The van der Waals surface area contributed by atoms with E-state index in [1.54, 1.807) is 17.4 Å². The summed E-state index contributed by atoms with van der Waals surface area (Å²) in [4.78, 5) is 16.4. The Balaban J connectivity index is 1.57. The van der Waals surface area contributed by atoms with Gasteiger partial charge in [0, 0.05) is 30.4 Å². The molecule has 0 aliphatic carbocycles. The summed E-state index contributed by atoms with van der Waals surface area (Å²) < 4.78 is 27.6. The minimum atomic E-state index is -3.53. The highest BCUT2D eigenvalue weighted by atomic mass is 32.2. The molecule has 8 heteroatoms. The molecule has 1 N–H and O–H groups in total. The van der Waals surface area contributed by atoms with Crippen molar-refractivity contribution < 1.29 is 13.2 Å². The summed E-state index contributed by atoms with van der Waals surface area (Å²) in [7, 11) is 0.485. The molecule has 164 valence electrons. The molecule has 1 unspecified atom stereocenters. The van der Waals surface area contributed by atoms with E-state index in [1.165, 1.54) is 9.18 Å². The third-order valence-electron chi connectivity index (χ3n) is 5.74. The lowest BCUT2D eigenvalue weighted by atomic mass is 9.97. The highest BCUT2D eigenvalue weighted by Crippen LogP contribution is 2.27. The Kier molecular flexibility index (Phi) is 7.34. The molecule has 0 saturated carbocycles. The lowest BCUT2D eigenvalue weighted by molar-refractivity contribution is -0.126. The van der Waals surface area contributed by atoms with Crippen LogP contribution in [0.1, 0.15) is 34.9 Å². The normalized spacial score (nSPS) is 17.2. The Labute approximate surface area is 183 Å². The van der Waals surface area contributed by atoms with Gasteiger partial charge in [-0.2, -0.15) is 4.31 Å². The van der Waals surface area contributed by atoms with Crippen molar-refractivity contribution in [1.29, 1.82) is 0 Å². The number of amides is 1. The Morgan fingerprint density at radius 2 is 1.93 bits per heavy atom. The predicted octanol–water partition coefficient (Wildman–Crippen LogP) is 3.18. The Morgan fingerprint density at radius 3 is 2.50 bits per heavy atom. The van der Waals surface area contributed by atoms with Gasteiger partial charge in [0.15, 0.2) is 0 Å². The SMILES string of the molecule is Cc1ccc(S(=O)(=O)N2CCC(C(=O)NCC(c3cccs3)N(C)C)CC2)c(C)c1. The molecule has 1 saturated heterocycles. The van der Waals surface area contributed by atoms with Gasteiger partial charge in [0.25, 0.3) is 0 Å². The second-order valence-electron chi connectivity index (χ2n) is 8.19. The van der Waals surface area contributed by atoms with Crippen LogP contribution in [-0.2, 0) is 14.8 Å². The van der Waals surface area contributed by atoms with E-state index in [-0.39, 0.29) is 17.9 Å². The summed E-state index contributed by atoms with van der Waals surface area (Å²) in [5.41, 5.74) is 1.80. The fourth-order valence-electron chi connectivity index (χ4n) is 3.95. The molecule has 30 heavy (non-hydrogen) atoms. The second-order valence-corrected chi connectivity index (χ2v) is 11.1. The second kappa shape index (κ2) is 9.60. The average Bonchev–Trinajstić information content (AvgIpc) is 3.22. The smallest absolute Gasteiger partial charge is 0.243 e. The van der Waals surface area contributed by atoms with Crippen molar-refractivity contribution in [3.05, 3.63) is 51.7 Å². The Morgan fingerprint density at radius 1 is 1.23 bits per heavy atom. The van der Waals surface area contributed by atoms with Crippen LogP contribution in [0.2, 0.25) is 0 Å². The number of piperidine rings is 1. The molecule has 3 rings (SSSR count). The molecule has 1 fully saturated rings. The number of hydrogen-bond acceptors (Lipinski definition) is 5. The molecule has 0 radical (unpaired) electrons. The first-order valence-corrected chi connectivity index (χ1v) is 12.6. The number of aryl methyl sites for hydroxylation is 2. The summed E-state index contributed by atoms with van der Waals surface area (Å²) in [6.07, 6.45) is 1.09. The first-order chi connectivity index (χ1) is 14.2. The molecule has 1 aliphatic heterocycles. The summed E-state index contributed by atoms with van der Waals surface area (Å²) in [5.74, 6) is -0.135. The van der Waals surface area contributed by atoms with E-state index in [2.05, 4.69) is 16.3 Å². The van der Waals surface area contributed by atoms with Crippen LogP contribution in [-0.4, -0.2) is 57.3 Å². The van der Waals surface area contributed by atoms with Crippen molar-refractivity contribution in [3.63, 3.8) is 0 Å². The number of carbonyl (C=O) groups excluding carboxylic acids is 1. The number of thiophene rings is 1. The molecular formula is C22H31N3O3S2. The van der Waals surface area contributed by atoms with Crippen molar-refractivity contribution in [2.45, 2.75) is 37.6 Å². The average molecular weight is 450 g/mol. The van der Waals surface area contributed by atoms with Crippen LogP contribution in [0.5, 0.6) is 0 Å². The monoisotopic (exact) mass is 449 g/mol. The zero-order valence-corrected chi connectivity index (χ0v) is 19.7. The first-order valence-electron chi connectivity index (χ1n) is 10.2. The van der Waals surface area contributed by atoms with Gasteiger partial charge in [0.1, 0.15) is 0 Å². The molecule has 1 amide bonds. The number of carbonyl (C=O) groups is 1. The minimum Gasteiger partial charge on any atom is -0.354 e. The molecule has 2 aromatic rings. The van der Waals surface area contributed by atoms with Crippen molar-refractivity contribution in [1.82, 2.24) is 14.5 Å². The number of sulfonamides is 1. The highest BCUT2D eigenvalue weighted by molar-refractivity contribution is 7.89. The van der Waals surface area contributed by atoms with Gasteiger partial charge in [-0.25, -0.2) is 8.42 Å². The minimum absolute atomic E-state index is 0.0157. The van der Waals surface area contributed by atoms with Crippen LogP contribution in [0, 0.1) is 19.8 Å². The van der Waals surface area contributed by atoms with Crippen LogP contribution in [0.4, 0.5) is 0 Å². The van der Waals surface area contributed by atoms with E-state index in [0.29, 0.717) is 37.4 Å². The Bertz CT molecular complexity index is 964. The number of rotatable bonds is 7.